The lowest BCUT2D eigenvalue weighted by atomic mass is 10.3. The van der Waals surface area contributed by atoms with Crippen LogP contribution in [0.1, 0.15) is 0 Å². The van der Waals surface area contributed by atoms with Crippen LogP contribution in [-0.2, 0) is 12.6 Å². The fraction of sp³-hybridized carbons (Fsp3) is 0. The molecule has 0 spiro atoms. The number of nitrogens with zero attached hydrogens (tertiary/aromatic N) is 2. The van der Waals surface area contributed by atoms with Crippen LogP contribution >= 0.6 is 23.6 Å². The lowest BCUT2D eigenvalue weighted by Crippen LogP contribution is -1.96. The Labute approximate surface area is 94.4 Å². The minimum absolute atomic E-state index is 0.283. The van der Waals surface area contributed by atoms with Crippen LogP contribution in [0.3, 0.4) is 0 Å². The van der Waals surface area contributed by atoms with E-state index in [2.05, 4.69) is 5.10 Å². The van der Waals surface area contributed by atoms with E-state index in [-0.39, 0.29) is 5.82 Å². The molecule has 0 atom stereocenters. The van der Waals surface area contributed by atoms with E-state index >= 15 is 0 Å². The van der Waals surface area contributed by atoms with E-state index in [4.69, 9.17) is 24.8 Å². The molecular weight excluding hydrogens is 239 g/mol. The normalized spacial score (nSPS) is 10.4. The molecule has 0 amide bonds. The van der Waals surface area contributed by atoms with Crippen molar-refractivity contribution in [3.05, 3.63) is 34.0 Å². The Kier molecular flexibility index (Phi) is 2.58. The smallest absolute Gasteiger partial charge is 0.123 e. The highest BCUT2D eigenvalue weighted by atomic mass is 32.2. The first kappa shape index (κ1) is 9.70. The van der Waals surface area contributed by atoms with Gasteiger partial charge in [-0.05, 0) is 28.6 Å². The maximum absolute atomic E-state index is 12.6. The Morgan fingerprint density at radius 3 is 2.50 bits per heavy atom. The van der Waals surface area contributed by atoms with E-state index in [1.165, 1.54) is 28.2 Å². The first-order chi connectivity index (χ1) is 6.66. The van der Waals surface area contributed by atoms with Gasteiger partial charge in [-0.2, -0.15) is 5.10 Å². The zero-order valence-electron chi connectivity index (χ0n) is 6.81. The Balaban J connectivity index is 2.54. The van der Waals surface area contributed by atoms with E-state index in [1.807, 2.05) is 0 Å². The van der Waals surface area contributed by atoms with E-state index in [9.17, 15) is 4.39 Å². The van der Waals surface area contributed by atoms with Crippen molar-refractivity contribution in [1.82, 2.24) is 9.78 Å². The van der Waals surface area contributed by atoms with Crippen molar-refractivity contribution in [2.75, 3.05) is 0 Å². The summed E-state index contributed by atoms with van der Waals surface area (Å²) in [5.41, 5.74) is 0.726. The Morgan fingerprint density at radius 1 is 1.36 bits per heavy atom. The molecule has 0 bridgehead atoms. The van der Waals surface area contributed by atoms with Crippen LogP contribution in [0.2, 0.25) is 0 Å². The van der Waals surface area contributed by atoms with Gasteiger partial charge in [-0.15, -0.1) is 0 Å². The Morgan fingerprint density at radius 2 is 2.00 bits per heavy atom. The topological polar surface area (TPSA) is 17.8 Å². The van der Waals surface area contributed by atoms with Crippen molar-refractivity contribution in [2.24, 2.45) is 0 Å². The van der Waals surface area contributed by atoms with Gasteiger partial charge in [0.1, 0.15) is 5.82 Å². The second-order valence-electron chi connectivity index (χ2n) is 2.52. The van der Waals surface area contributed by atoms with Gasteiger partial charge in [-0.3, -0.25) is 0 Å². The molecule has 0 saturated heterocycles. The first-order valence-electron chi connectivity index (χ1n) is 3.70. The van der Waals surface area contributed by atoms with Gasteiger partial charge in [-0.1, -0.05) is 12.2 Å². The zero-order chi connectivity index (χ0) is 10.1. The third-order valence-corrected chi connectivity index (χ3v) is 2.96. The molecule has 2 aromatic rings. The molecule has 0 unspecified atom stereocenters. The molecule has 1 aromatic heterocycles. The largest absolute Gasteiger partial charge is 0.406 e. The quantitative estimate of drug-likeness (QED) is 0.566. The molecule has 2 rings (SSSR count). The minimum Gasteiger partial charge on any atom is -0.406 e. The van der Waals surface area contributed by atoms with Gasteiger partial charge >= 0.3 is 0 Å². The molecular formula is C8H4FN2S3-. The summed E-state index contributed by atoms with van der Waals surface area (Å²) in [7, 11) is 0. The van der Waals surface area contributed by atoms with Crippen LogP contribution in [0.5, 0.6) is 0 Å². The van der Waals surface area contributed by atoms with Crippen molar-refractivity contribution < 1.29 is 4.39 Å². The van der Waals surface area contributed by atoms with Crippen LogP contribution in [0, 0.1) is 9.77 Å². The number of rotatable bonds is 1. The third kappa shape index (κ3) is 1.82. The molecule has 0 N–H and O–H groups in total. The number of aromatic nitrogens is 2. The fourth-order valence-corrected chi connectivity index (χ4v) is 2.37. The Hall–Kier alpha value is -0.850. The summed E-state index contributed by atoms with van der Waals surface area (Å²) in [6.45, 7) is 0. The molecule has 14 heavy (non-hydrogen) atoms. The van der Waals surface area contributed by atoms with Gasteiger partial charge in [0.05, 0.1) is 9.64 Å². The molecule has 72 valence electrons. The summed E-state index contributed by atoms with van der Waals surface area (Å²) in [6.07, 6.45) is 0. The van der Waals surface area contributed by atoms with Gasteiger partial charge in [0.25, 0.3) is 0 Å². The van der Waals surface area contributed by atoms with Crippen molar-refractivity contribution in [3.63, 3.8) is 0 Å². The molecule has 1 aromatic carbocycles. The predicted octanol–water partition coefficient (Wildman–Crippen LogP) is 2.71. The van der Waals surface area contributed by atoms with Gasteiger partial charge in [0, 0.05) is 0 Å². The van der Waals surface area contributed by atoms with Crippen molar-refractivity contribution in [3.8, 4) is 5.69 Å². The van der Waals surface area contributed by atoms with Crippen LogP contribution < -0.4 is 0 Å². The first-order valence-corrected chi connectivity index (χ1v) is 5.33. The molecule has 0 aliphatic rings. The third-order valence-electron chi connectivity index (χ3n) is 1.60. The lowest BCUT2D eigenvalue weighted by molar-refractivity contribution is 0.627. The van der Waals surface area contributed by atoms with E-state index in [1.54, 1.807) is 12.1 Å². The number of benzene rings is 1. The van der Waals surface area contributed by atoms with Crippen molar-refractivity contribution in [2.45, 2.75) is 4.34 Å². The molecule has 2 nitrogen and oxygen atoms in total. The molecule has 0 radical (unpaired) electrons. The molecule has 1 heterocycles. The summed E-state index contributed by atoms with van der Waals surface area (Å²) in [6, 6.07) is 5.94. The van der Waals surface area contributed by atoms with Crippen LogP contribution in [-0.4, -0.2) is 9.78 Å². The maximum atomic E-state index is 12.6. The maximum Gasteiger partial charge on any atom is 0.123 e. The van der Waals surface area contributed by atoms with Gasteiger partial charge < -0.3 is 24.0 Å². The number of hydrogen-bond donors (Lipinski definition) is 0. The van der Waals surface area contributed by atoms with Crippen LogP contribution in [0.4, 0.5) is 4.39 Å². The standard InChI is InChI=1S/C8H5FN2S3/c9-5-1-3-6(4-2-5)11-8(13)14-7(12)10-11/h1-4H,(H,10,12)/p-1. The number of hydrogen-bond acceptors (Lipinski definition) is 4. The second kappa shape index (κ2) is 3.72. The zero-order valence-corrected chi connectivity index (χ0v) is 9.26. The summed E-state index contributed by atoms with van der Waals surface area (Å²) in [5.74, 6) is -0.283. The average molecular weight is 243 g/mol. The SMILES string of the molecule is Fc1ccc(-n2nc([S-])sc2=S)cc1. The average Bonchev–Trinajstić information content (AvgIpc) is 2.47. The highest BCUT2D eigenvalue weighted by Gasteiger charge is 1.97. The molecule has 0 aliphatic heterocycles. The molecule has 6 heteroatoms. The number of halogens is 1. The summed E-state index contributed by atoms with van der Waals surface area (Å²) >= 11 is 11.2. The monoisotopic (exact) mass is 243 g/mol. The van der Waals surface area contributed by atoms with Crippen molar-refractivity contribution in [1.29, 1.82) is 0 Å². The van der Waals surface area contributed by atoms with Crippen LogP contribution in [0.15, 0.2) is 28.6 Å². The molecule has 0 saturated carbocycles. The van der Waals surface area contributed by atoms with Gasteiger partial charge in [-0.25, -0.2) is 9.07 Å². The molecule has 0 aliphatic carbocycles. The van der Waals surface area contributed by atoms with Crippen LogP contribution in [0.25, 0.3) is 5.69 Å². The second-order valence-corrected chi connectivity index (χ2v) is 4.79. The predicted molar refractivity (Wildman–Crippen MR) is 57.9 cm³/mol. The summed E-state index contributed by atoms with van der Waals surface area (Å²) in [5, 5.41) is 4.03. The molecule has 0 fully saturated rings. The summed E-state index contributed by atoms with van der Waals surface area (Å²) in [4.78, 5) is 0. The van der Waals surface area contributed by atoms with E-state index in [0.717, 1.165) is 5.69 Å². The Bertz CT molecular complexity index is 500. The minimum atomic E-state index is -0.283. The van der Waals surface area contributed by atoms with Gasteiger partial charge in [0.2, 0.25) is 0 Å². The van der Waals surface area contributed by atoms with Crippen molar-refractivity contribution >= 4 is 36.2 Å². The fourth-order valence-electron chi connectivity index (χ4n) is 1.01. The van der Waals surface area contributed by atoms with E-state index < -0.39 is 0 Å². The van der Waals surface area contributed by atoms with Gasteiger partial charge in [0.15, 0.2) is 0 Å². The lowest BCUT2D eigenvalue weighted by Gasteiger charge is -2.00. The van der Waals surface area contributed by atoms with E-state index in [0.29, 0.717) is 8.29 Å². The highest BCUT2D eigenvalue weighted by Crippen LogP contribution is 2.14. The highest BCUT2D eigenvalue weighted by molar-refractivity contribution is 7.74. The summed E-state index contributed by atoms with van der Waals surface area (Å²) < 4.78 is 15.2.